The van der Waals surface area contributed by atoms with E-state index in [9.17, 15) is 13.6 Å². The van der Waals surface area contributed by atoms with E-state index in [1.54, 1.807) is 0 Å². The van der Waals surface area contributed by atoms with Crippen LogP contribution in [0.25, 0.3) is 0 Å². The number of likely N-dealkylation sites (tertiary alicyclic amines) is 1. The number of carbonyl (C=O) groups excluding carboxylic acids is 1. The summed E-state index contributed by atoms with van der Waals surface area (Å²) in [5.41, 5.74) is 0.605. The lowest BCUT2D eigenvalue weighted by Gasteiger charge is -2.15. The standard InChI is InChI=1S/C18H26F2N4O.HI/c1-2-21-18(22-7-4-10-24-9-3-5-17(24)25)23-8-6-14-11-15(19)13-16(20)12-14;/h11-13H,2-10H2,1H3,(H2,21,22,23);1H. The van der Waals surface area contributed by atoms with Gasteiger partial charge in [0.2, 0.25) is 5.91 Å². The predicted octanol–water partition coefficient (Wildman–Crippen LogP) is 2.69. The maximum atomic E-state index is 13.2. The van der Waals surface area contributed by atoms with Crippen LogP contribution < -0.4 is 10.6 Å². The van der Waals surface area contributed by atoms with E-state index in [1.807, 2.05) is 11.8 Å². The Morgan fingerprint density at radius 1 is 1.23 bits per heavy atom. The van der Waals surface area contributed by atoms with Gasteiger partial charge >= 0.3 is 0 Å². The van der Waals surface area contributed by atoms with E-state index < -0.39 is 11.6 Å². The summed E-state index contributed by atoms with van der Waals surface area (Å²) in [4.78, 5) is 17.9. The number of aliphatic imine (C=N–C) groups is 1. The lowest BCUT2D eigenvalue weighted by Crippen LogP contribution is -2.38. The average Bonchev–Trinajstić information content (AvgIpc) is 2.95. The van der Waals surface area contributed by atoms with Crippen molar-refractivity contribution in [3.05, 3.63) is 35.4 Å². The van der Waals surface area contributed by atoms with E-state index in [0.29, 0.717) is 37.5 Å². The van der Waals surface area contributed by atoms with Gasteiger partial charge in [0.05, 0.1) is 0 Å². The molecular weight excluding hydrogens is 453 g/mol. The molecule has 1 aliphatic rings. The first-order chi connectivity index (χ1) is 12.1. The number of halogens is 3. The Kier molecular flexibility index (Phi) is 10.5. The molecule has 0 aliphatic carbocycles. The van der Waals surface area contributed by atoms with Crippen molar-refractivity contribution >= 4 is 35.8 Å². The molecule has 1 amide bonds. The van der Waals surface area contributed by atoms with Gasteiger partial charge < -0.3 is 15.5 Å². The first-order valence-corrected chi connectivity index (χ1v) is 8.83. The summed E-state index contributed by atoms with van der Waals surface area (Å²) in [5, 5.41) is 6.30. The SMILES string of the molecule is CCNC(=NCCCN1CCCC1=O)NCCc1cc(F)cc(F)c1.I. The first-order valence-electron chi connectivity index (χ1n) is 8.83. The maximum absolute atomic E-state index is 13.2. The summed E-state index contributed by atoms with van der Waals surface area (Å²) < 4.78 is 26.3. The molecule has 146 valence electrons. The summed E-state index contributed by atoms with van der Waals surface area (Å²) >= 11 is 0. The van der Waals surface area contributed by atoms with Gasteiger partial charge in [-0.15, -0.1) is 24.0 Å². The van der Waals surface area contributed by atoms with Gasteiger partial charge in [0.1, 0.15) is 11.6 Å². The molecule has 8 heteroatoms. The monoisotopic (exact) mass is 480 g/mol. The summed E-state index contributed by atoms with van der Waals surface area (Å²) in [5.74, 6) is -0.220. The van der Waals surface area contributed by atoms with Gasteiger partial charge in [-0.25, -0.2) is 8.78 Å². The number of hydrogen-bond acceptors (Lipinski definition) is 2. The highest BCUT2D eigenvalue weighted by molar-refractivity contribution is 14.0. The van der Waals surface area contributed by atoms with Crippen LogP contribution >= 0.6 is 24.0 Å². The maximum Gasteiger partial charge on any atom is 0.222 e. The van der Waals surface area contributed by atoms with E-state index in [4.69, 9.17) is 0 Å². The van der Waals surface area contributed by atoms with E-state index in [-0.39, 0.29) is 29.9 Å². The molecule has 0 radical (unpaired) electrons. The van der Waals surface area contributed by atoms with E-state index in [0.717, 1.165) is 38.5 Å². The second kappa shape index (κ2) is 12.0. The Bertz CT molecular complexity index is 593. The largest absolute Gasteiger partial charge is 0.357 e. The lowest BCUT2D eigenvalue weighted by atomic mass is 10.1. The highest BCUT2D eigenvalue weighted by atomic mass is 127. The molecule has 0 atom stereocenters. The number of amides is 1. The zero-order valence-corrected chi connectivity index (χ0v) is 17.4. The Morgan fingerprint density at radius 2 is 1.96 bits per heavy atom. The number of nitrogens with zero attached hydrogens (tertiary/aromatic N) is 2. The van der Waals surface area contributed by atoms with Crippen molar-refractivity contribution in [2.45, 2.75) is 32.6 Å². The van der Waals surface area contributed by atoms with Crippen molar-refractivity contribution in [1.82, 2.24) is 15.5 Å². The molecular formula is C18H27F2IN4O. The molecule has 5 nitrogen and oxygen atoms in total. The fourth-order valence-electron chi connectivity index (χ4n) is 2.82. The van der Waals surface area contributed by atoms with Crippen LogP contribution in [0.15, 0.2) is 23.2 Å². The van der Waals surface area contributed by atoms with Crippen molar-refractivity contribution < 1.29 is 13.6 Å². The third-order valence-electron chi connectivity index (χ3n) is 4.00. The van der Waals surface area contributed by atoms with E-state index in [1.165, 1.54) is 12.1 Å². The van der Waals surface area contributed by atoms with Crippen LogP contribution in [0.3, 0.4) is 0 Å². The minimum Gasteiger partial charge on any atom is -0.357 e. The molecule has 1 heterocycles. The molecule has 2 rings (SSSR count). The fourth-order valence-corrected chi connectivity index (χ4v) is 2.82. The Labute approximate surface area is 170 Å². The van der Waals surface area contributed by atoms with Gasteiger partial charge in [-0.1, -0.05) is 0 Å². The van der Waals surface area contributed by atoms with Crippen LogP contribution in [0.4, 0.5) is 8.78 Å². The zero-order chi connectivity index (χ0) is 18.1. The van der Waals surface area contributed by atoms with Crippen LogP contribution in [0.2, 0.25) is 0 Å². The molecule has 0 spiro atoms. The predicted molar refractivity (Wildman–Crippen MR) is 110 cm³/mol. The molecule has 1 aromatic carbocycles. The molecule has 0 bridgehead atoms. The molecule has 1 aromatic rings. The molecule has 26 heavy (non-hydrogen) atoms. The Balaban J connectivity index is 0.00000338. The third-order valence-corrected chi connectivity index (χ3v) is 4.00. The quantitative estimate of drug-likeness (QED) is 0.261. The number of carbonyl (C=O) groups is 1. The smallest absolute Gasteiger partial charge is 0.222 e. The molecule has 1 fully saturated rings. The third kappa shape index (κ3) is 7.84. The lowest BCUT2D eigenvalue weighted by molar-refractivity contribution is -0.127. The minimum atomic E-state index is -0.563. The van der Waals surface area contributed by atoms with Crippen molar-refractivity contribution in [2.75, 3.05) is 32.7 Å². The topological polar surface area (TPSA) is 56.7 Å². The second-order valence-corrected chi connectivity index (χ2v) is 6.05. The van der Waals surface area contributed by atoms with Gasteiger partial charge in [-0.3, -0.25) is 9.79 Å². The average molecular weight is 480 g/mol. The second-order valence-electron chi connectivity index (χ2n) is 6.05. The number of nitrogens with one attached hydrogen (secondary N) is 2. The summed E-state index contributed by atoms with van der Waals surface area (Å²) in [7, 11) is 0. The normalized spacial score (nSPS) is 14.3. The van der Waals surface area contributed by atoms with E-state index >= 15 is 0 Å². The summed E-state index contributed by atoms with van der Waals surface area (Å²) in [6, 6.07) is 3.54. The van der Waals surface area contributed by atoms with Gasteiger partial charge in [0.15, 0.2) is 5.96 Å². The van der Waals surface area contributed by atoms with Gasteiger partial charge in [-0.05, 0) is 43.9 Å². The summed E-state index contributed by atoms with van der Waals surface area (Å²) in [6.45, 7) is 5.44. The van der Waals surface area contributed by atoms with Crippen molar-refractivity contribution in [3.63, 3.8) is 0 Å². The van der Waals surface area contributed by atoms with Crippen LogP contribution in [0.5, 0.6) is 0 Å². The van der Waals surface area contributed by atoms with Gasteiger partial charge in [0, 0.05) is 45.2 Å². The first kappa shape index (κ1) is 22.6. The van der Waals surface area contributed by atoms with Crippen LogP contribution in [0, 0.1) is 11.6 Å². The number of hydrogen-bond donors (Lipinski definition) is 2. The molecule has 1 saturated heterocycles. The van der Waals surface area contributed by atoms with Crippen LogP contribution in [-0.2, 0) is 11.2 Å². The van der Waals surface area contributed by atoms with Crippen LogP contribution in [0.1, 0.15) is 31.7 Å². The number of benzene rings is 1. The summed E-state index contributed by atoms with van der Waals surface area (Å²) in [6.07, 6.45) is 2.93. The number of rotatable bonds is 8. The van der Waals surface area contributed by atoms with Gasteiger partial charge in [-0.2, -0.15) is 0 Å². The molecule has 2 N–H and O–H groups in total. The van der Waals surface area contributed by atoms with E-state index in [2.05, 4.69) is 15.6 Å². The molecule has 0 aromatic heterocycles. The molecule has 0 saturated carbocycles. The van der Waals surface area contributed by atoms with Crippen molar-refractivity contribution in [1.29, 1.82) is 0 Å². The Morgan fingerprint density at radius 3 is 2.58 bits per heavy atom. The number of guanidine groups is 1. The fraction of sp³-hybridized carbons (Fsp3) is 0.556. The highest BCUT2D eigenvalue weighted by Gasteiger charge is 2.18. The van der Waals surface area contributed by atoms with Crippen molar-refractivity contribution in [3.8, 4) is 0 Å². The zero-order valence-electron chi connectivity index (χ0n) is 15.1. The Hall–Kier alpha value is -1.45. The molecule has 1 aliphatic heterocycles. The minimum absolute atomic E-state index is 0. The van der Waals surface area contributed by atoms with Crippen LogP contribution in [-0.4, -0.2) is 49.5 Å². The van der Waals surface area contributed by atoms with Gasteiger partial charge in [0.25, 0.3) is 0 Å². The van der Waals surface area contributed by atoms with Crippen molar-refractivity contribution in [2.24, 2.45) is 4.99 Å². The molecule has 0 unspecified atom stereocenters. The highest BCUT2D eigenvalue weighted by Crippen LogP contribution is 2.10.